The van der Waals surface area contributed by atoms with Crippen LogP contribution >= 0.6 is 15.9 Å². The summed E-state index contributed by atoms with van der Waals surface area (Å²) in [5, 5.41) is 4.83. The number of rotatable bonds is 9. The zero-order valence-corrected chi connectivity index (χ0v) is 19.0. The van der Waals surface area contributed by atoms with Crippen LogP contribution in [0.15, 0.2) is 58.3 Å². The molecular weight excluding hydrogens is 444 g/mol. The highest BCUT2D eigenvalue weighted by molar-refractivity contribution is 9.10. The molecule has 5 nitrogen and oxygen atoms in total. The summed E-state index contributed by atoms with van der Waals surface area (Å²) in [5.74, 6) is 2.16. The van der Waals surface area contributed by atoms with Crippen LogP contribution in [0.4, 0.5) is 0 Å². The average molecular weight is 471 g/mol. The van der Waals surface area contributed by atoms with Crippen LogP contribution in [0, 0.1) is 10.8 Å². The smallest absolute Gasteiger partial charge is 0.176 e. The molecule has 0 amide bonds. The zero-order chi connectivity index (χ0) is 21.1. The summed E-state index contributed by atoms with van der Waals surface area (Å²) in [4.78, 5) is 11.5. The van der Waals surface area contributed by atoms with Gasteiger partial charge in [-0.3, -0.25) is 0 Å². The largest absolute Gasteiger partial charge is 0.488 e. The fraction of sp³-hybridized carbons (Fsp3) is 0.417. The highest BCUT2D eigenvalue weighted by atomic mass is 79.9. The van der Waals surface area contributed by atoms with Crippen molar-refractivity contribution in [2.45, 2.75) is 51.7 Å². The highest BCUT2D eigenvalue weighted by Crippen LogP contribution is 2.46. The van der Waals surface area contributed by atoms with Crippen LogP contribution in [0.5, 0.6) is 11.5 Å². The minimum absolute atomic E-state index is 0.341. The van der Waals surface area contributed by atoms with Crippen molar-refractivity contribution in [2.24, 2.45) is 11.2 Å². The predicted octanol–water partition coefficient (Wildman–Crippen LogP) is 6.71. The molecular formula is C24H27BrN2O3. The first-order valence-electron chi connectivity index (χ1n) is 10.5. The topological polar surface area (TPSA) is 51.1 Å². The zero-order valence-electron chi connectivity index (χ0n) is 17.4. The fourth-order valence-corrected chi connectivity index (χ4v) is 4.32. The third-order valence-electron chi connectivity index (χ3n) is 5.72. The Kier molecular flexibility index (Phi) is 6.14. The first kappa shape index (κ1) is 20.9. The molecule has 1 saturated carbocycles. The molecule has 0 aromatic heterocycles. The maximum Gasteiger partial charge on any atom is 0.176 e. The number of benzene rings is 2. The van der Waals surface area contributed by atoms with Crippen LogP contribution in [0.1, 0.15) is 50.7 Å². The lowest BCUT2D eigenvalue weighted by Gasteiger charge is -2.29. The standard InChI is InChI=1S/C24H27BrN2O3/c1-24(2)14-12-20(27(24)26-28)19-10-11-21(30-16-18-6-4-3-5-7-18)23(22(19)25)29-15-13-17-8-9-17/h3-7,10-12,17H,8-9,13-16H2,1-2H3. The van der Waals surface area contributed by atoms with Gasteiger partial charge in [-0.2, -0.15) is 0 Å². The molecule has 2 aromatic carbocycles. The molecule has 30 heavy (non-hydrogen) atoms. The number of nitroso groups, excluding NO2 is 1. The maximum absolute atomic E-state index is 11.5. The van der Waals surface area contributed by atoms with Crippen LogP contribution in [-0.4, -0.2) is 17.2 Å². The molecule has 0 saturated heterocycles. The third kappa shape index (κ3) is 4.53. The van der Waals surface area contributed by atoms with E-state index in [0.717, 1.165) is 40.1 Å². The normalized spacial score (nSPS) is 17.6. The van der Waals surface area contributed by atoms with E-state index >= 15 is 0 Å². The molecule has 1 aliphatic carbocycles. The third-order valence-corrected chi connectivity index (χ3v) is 6.51. The van der Waals surface area contributed by atoms with Gasteiger partial charge in [0.15, 0.2) is 11.5 Å². The summed E-state index contributed by atoms with van der Waals surface area (Å²) in [6.45, 7) is 5.13. The van der Waals surface area contributed by atoms with Crippen LogP contribution in [-0.2, 0) is 6.61 Å². The van der Waals surface area contributed by atoms with Crippen molar-refractivity contribution in [2.75, 3.05) is 6.61 Å². The number of hydrogen-bond acceptors (Lipinski definition) is 4. The summed E-state index contributed by atoms with van der Waals surface area (Å²) < 4.78 is 13.1. The Bertz CT molecular complexity index is 939. The highest BCUT2D eigenvalue weighted by Gasteiger charge is 2.36. The van der Waals surface area contributed by atoms with Gasteiger partial charge in [-0.05, 0) is 66.2 Å². The lowest BCUT2D eigenvalue weighted by Crippen LogP contribution is -2.33. The number of ether oxygens (including phenoxy) is 2. The minimum Gasteiger partial charge on any atom is -0.488 e. The molecule has 0 spiro atoms. The first-order chi connectivity index (χ1) is 14.5. The lowest BCUT2D eigenvalue weighted by molar-refractivity contribution is 0.227. The van der Waals surface area contributed by atoms with Crippen molar-refractivity contribution >= 4 is 21.6 Å². The van der Waals surface area contributed by atoms with Gasteiger partial charge >= 0.3 is 0 Å². The van der Waals surface area contributed by atoms with Crippen molar-refractivity contribution in [3.63, 3.8) is 0 Å². The maximum atomic E-state index is 11.5. The number of hydrogen-bond donors (Lipinski definition) is 0. The van der Waals surface area contributed by atoms with Crippen molar-refractivity contribution in [1.82, 2.24) is 5.01 Å². The Morgan fingerprint density at radius 2 is 1.90 bits per heavy atom. The molecule has 0 unspecified atom stereocenters. The predicted molar refractivity (Wildman–Crippen MR) is 122 cm³/mol. The molecule has 0 N–H and O–H groups in total. The van der Waals surface area contributed by atoms with Gasteiger partial charge in [0.25, 0.3) is 0 Å². The van der Waals surface area contributed by atoms with Gasteiger partial charge < -0.3 is 9.47 Å². The molecule has 0 bridgehead atoms. The quantitative estimate of drug-likeness (QED) is 0.381. The van der Waals surface area contributed by atoms with Crippen LogP contribution in [0.25, 0.3) is 5.70 Å². The second-order valence-electron chi connectivity index (χ2n) is 8.61. The molecule has 0 radical (unpaired) electrons. The summed E-state index contributed by atoms with van der Waals surface area (Å²) in [5.41, 5.74) is 2.43. The minimum atomic E-state index is -0.341. The SMILES string of the molecule is CC1(C)CC=C(c2ccc(OCc3ccccc3)c(OCCC3CC3)c2Br)N1N=O. The van der Waals surface area contributed by atoms with Crippen molar-refractivity contribution in [1.29, 1.82) is 0 Å². The van der Waals surface area contributed by atoms with Gasteiger partial charge in [0.1, 0.15) is 6.61 Å². The molecule has 2 aromatic rings. The average Bonchev–Trinajstić information content (AvgIpc) is 3.51. The summed E-state index contributed by atoms with van der Waals surface area (Å²) >= 11 is 3.73. The second-order valence-corrected chi connectivity index (χ2v) is 9.40. The van der Waals surface area contributed by atoms with E-state index in [-0.39, 0.29) is 5.54 Å². The fourth-order valence-electron chi connectivity index (χ4n) is 3.68. The molecule has 0 atom stereocenters. The van der Waals surface area contributed by atoms with Gasteiger partial charge in [-0.25, -0.2) is 5.01 Å². The van der Waals surface area contributed by atoms with Gasteiger partial charge in [-0.15, -0.1) is 4.91 Å². The van der Waals surface area contributed by atoms with Gasteiger partial charge in [0.05, 0.1) is 27.6 Å². The Morgan fingerprint density at radius 1 is 1.13 bits per heavy atom. The van der Waals surface area contributed by atoms with E-state index in [4.69, 9.17) is 9.47 Å². The molecule has 6 heteroatoms. The van der Waals surface area contributed by atoms with Crippen molar-refractivity contribution in [3.8, 4) is 11.5 Å². The Labute approximate surface area is 186 Å². The van der Waals surface area contributed by atoms with E-state index in [0.29, 0.717) is 24.7 Å². The van der Waals surface area contributed by atoms with Gasteiger partial charge in [-0.1, -0.05) is 49.2 Å². The van der Waals surface area contributed by atoms with E-state index in [1.807, 2.05) is 56.3 Å². The summed E-state index contributed by atoms with van der Waals surface area (Å²) in [6, 6.07) is 13.9. The monoisotopic (exact) mass is 470 g/mol. The molecule has 158 valence electrons. The van der Waals surface area contributed by atoms with Gasteiger partial charge in [0, 0.05) is 5.56 Å². The van der Waals surface area contributed by atoms with E-state index in [9.17, 15) is 4.91 Å². The molecule has 1 heterocycles. The van der Waals surface area contributed by atoms with E-state index < -0.39 is 0 Å². The Hall–Kier alpha value is -2.34. The van der Waals surface area contributed by atoms with Crippen LogP contribution in [0.2, 0.25) is 0 Å². The molecule has 2 aliphatic rings. The number of nitrogens with zero attached hydrogens (tertiary/aromatic N) is 2. The molecule has 1 fully saturated rings. The molecule has 1 aliphatic heterocycles. The first-order valence-corrected chi connectivity index (χ1v) is 11.2. The number of halogens is 1. The Balaban J connectivity index is 1.61. The Morgan fingerprint density at radius 3 is 2.60 bits per heavy atom. The summed E-state index contributed by atoms with van der Waals surface area (Å²) in [7, 11) is 0. The van der Waals surface area contributed by atoms with E-state index in [2.05, 4.69) is 27.3 Å². The lowest BCUT2D eigenvalue weighted by atomic mass is 10.0. The van der Waals surface area contributed by atoms with Crippen LogP contribution in [0.3, 0.4) is 0 Å². The van der Waals surface area contributed by atoms with E-state index in [1.165, 1.54) is 12.8 Å². The van der Waals surface area contributed by atoms with E-state index in [1.54, 1.807) is 5.01 Å². The molecule has 4 rings (SSSR count). The second kappa shape index (κ2) is 8.80. The van der Waals surface area contributed by atoms with Crippen molar-refractivity contribution < 1.29 is 9.47 Å². The van der Waals surface area contributed by atoms with Gasteiger partial charge in [0.2, 0.25) is 0 Å². The van der Waals surface area contributed by atoms with Crippen LogP contribution < -0.4 is 9.47 Å². The van der Waals surface area contributed by atoms with Crippen molar-refractivity contribution in [3.05, 3.63) is 69.0 Å². The summed E-state index contributed by atoms with van der Waals surface area (Å²) in [6.07, 6.45) is 6.45.